The van der Waals surface area contributed by atoms with Crippen molar-refractivity contribution in [3.05, 3.63) is 69.8 Å². The Kier molecular flexibility index (Phi) is 7.84. The Bertz CT molecular complexity index is 1310. The Labute approximate surface area is 209 Å². The minimum absolute atomic E-state index is 0.0868. The van der Waals surface area contributed by atoms with Gasteiger partial charge in [-0.1, -0.05) is 24.3 Å². The Hall–Kier alpha value is -3.62. The molecule has 1 aliphatic heterocycles. The van der Waals surface area contributed by atoms with Gasteiger partial charge in [0.15, 0.2) is 23.0 Å². The van der Waals surface area contributed by atoms with E-state index in [9.17, 15) is 10.2 Å². The third-order valence-electron chi connectivity index (χ3n) is 5.77. The van der Waals surface area contributed by atoms with Gasteiger partial charge in [0.05, 0.1) is 32.6 Å². The van der Waals surface area contributed by atoms with Gasteiger partial charge in [-0.15, -0.1) is 0 Å². The van der Waals surface area contributed by atoms with Crippen molar-refractivity contribution < 1.29 is 24.4 Å². The summed E-state index contributed by atoms with van der Waals surface area (Å²) in [5, 5.41) is 19.7. The summed E-state index contributed by atoms with van der Waals surface area (Å²) in [6.07, 6.45) is 9.82. The van der Waals surface area contributed by atoms with E-state index >= 15 is 0 Å². The molecule has 35 heavy (non-hydrogen) atoms. The number of nitrogens with zero attached hydrogens (tertiary/aromatic N) is 2. The minimum Gasteiger partial charge on any atom is -0.504 e. The molecule has 0 amide bonds. The number of phenols is 2. The Balaban J connectivity index is 1.68. The molecule has 1 aliphatic rings. The van der Waals surface area contributed by atoms with Gasteiger partial charge < -0.3 is 29.0 Å². The zero-order valence-corrected chi connectivity index (χ0v) is 20.5. The maximum Gasteiger partial charge on any atom is 0.200 e. The van der Waals surface area contributed by atoms with Crippen molar-refractivity contribution in [2.75, 3.05) is 20.8 Å². The molecule has 1 aromatic heterocycles. The van der Waals surface area contributed by atoms with Gasteiger partial charge in [0, 0.05) is 12.3 Å². The van der Waals surface area contributed by atoms with Crippen LogP contribution in [-0.4, -0.2) is 46.7 Å². The molecule has 1 fully saturated rings. The van der Waals surface area contributed by atoms with E-state index in [2.05, 4.69) is 4.98 Å². The van der Waals surface area contributed by atoms with Gasteiger partial charge in [0.2, 0.25) is 4.77 Å². The van der Waals surface area contributed by atoms with Crippen molar-refractivity contribution in [2.45, 2.75) is 25.5 Å². The fourth-order valence-corrected chi connectivity index (χ4v) is 4.19. The highest BCUT2D eigenvalue weighted by Gasteiger charge is 2.17. The molecule has 3 aromatic rings. The average molecular weight is 493 g/mol. The first-order chi connectivity index (χ1) is 17.0. The van der Waals surface area contributed by atoms with Gasteiger partial charge in [-0.25, -0.2) is 4.98 Å². The van der Waals surface area contributed by atoms with Gasteiger partial charge in [-0.05, 0) is 78.7 Å². The summed E-state index contributed by atoms with van der Waals surface area (Å²) in [5.74, 6) is 0.988. The highest BCUT2D eigenvalue weighted by atomic mass is 32.1. The number of benzene rings is 2. The molecule has 7 nitrogen and oxygen atoms in total. The second-order valence-corrected chi connectivity index (χ2v) is 8.53. The van der Waals surface area contributed by atoms with Gasteiger partial charge in [-0.2, -0.15) is 0 Å². The molecule has 2 aromatic carbocycles. The van der Waals surface area contributed by atoms with Crippen LogP contribution in [0.4, 0.5) is 0 Å². The SMILES string of the molecule is COc1cc(C=Cc2cc(C=Cc3ccc(O)c(OC)c3)n(CC3CCCO3)c(=S)n2)ccc1O. The van der Waals surface area contributed by atoms with Crippen molar-refractivity contribution in [3.8, 4) is 23.0 Å². The van der Waals surface area contributed by atoms with Crippen LogP contribution in [0.3, 0.4) is 0 Å². The first kappa shape index (κ1) is 24.5. The molecule has 8 heteroatoms. The molecular weight excluding hydrogens is 464 g/mol. The minimum atomic E-state index is 0.0868. The maximum atomic E-state index is 9.88. The van der Waals surface area contributed by atoms with Crippen LogP contribution >= 0.6 is 12.2 Å². The van der Waals surface area contributed by atoms with Gasteiger partial charge in [-0.3, -0.25) is 0 Å². The summed E-state index contributed by atoms with van der Waals surface area (Å²) in [7, 11) is 3.03. The molecule has 0 saturated carbocycles. The highest BCUT2D eigenvalue weighted by Crippen LogP contribution is 2.28. The van der Waals surface area contributed by atoms with E-state index < -0.39 is 0 Å². The van der Waals surface area contributed by atoms with Gasteiger partial charge in [0.1, 0.15) is 0 Å². The zero-order chi connectivity index (χ0) is 24.8. The fourth-order valence-electron chi connectivity index (χ4n) is 3.90. The molecule has 0 radical (unpaired) electrons. The van der Waals surface area contributed by atoms with Crippen LogP contribution in [0.15, 0.2) is 42.5 Å². The van der Waals surface area contributed by atoms with Gasteiger partial charge >= 0.3 is 0 Å². The molecule has 1 atom stereocenters. The van der Waals surface area contributed by atoms with Crippen molar-refractivity contribution in [1.82, 2.24) is 9.55 Å². The predicted molar refractivity (Wildman–Crippen MR) is 139 cm³/mol. The van der Waals surface area contributed by atoms with E-state index in [4.69, 9.17) is 26.4 Å². The smallest absolute Gasteiger partial charge is 0.200 e. The normalized spacial score (nSPS) is 15.8. The second kappa shape index (κ2) is 11.2. The number of aromatic hydroxyl groups is 2. The summed E-state index contributed by atoms with van der Waals surface area (Å²) in [5.41, 5.74) is 3.32. The molecule has 0 aliphatic carbocycles. The zero-order valence-electron chi connectivity index (χ0n) is 19.7. The Morgan fingerprint density at radius 1 is 0.971 bits per heavy atom. The van der Waals surface area contributed by atoms with E-state index in [0.717, 1.165) is 36.3 Å². The molecule has 182 valence electrons. The van der Waals surface area contributed by atoms with Crippen LogP contribution in [0.5, 0.6) is 23.0 Å². The molecule has 4 rings (SSSR count). The third-order valence-corrected chi connectivity index (χ3v) is 6.09. The quantitative estimate of drug-likeness (QED) is 0.398. The number of phenolic OH excluding ortho intramolecular Hbond substituents is 2. The molecule has 0 bridgehead atoms. The lowest BCUT2D eigenvalue weighted by Crippen LogP contribution is -2.18. The van der Waals surface area contributed by atoms with Crippen LogP contribution in [0.2, 0.25) is 0 Å². The van der Waals surface area contributed by atoms with E-state index in [1.54, 1.807) is 30.3 Å². The number of methoxy groups -OCH3 is 2. The molecule has 2 N–H and O–H groups in total. The van der Waals surface area contributed by atoms with Crippen LogP contribution in [0.1, 0.15) is 35.4 Å². The van der Waals surface area contributed by atoms with E-state index in [-0.39, 0.29) is 17.6 Å². The molecule has 2 heterocycles. The summed E-state index contributed by atoms with van der Waals surface area (Å²) >= 11 is 5.66. The standard InChI is InChI=1S/C27H28N2O5S/c1-32-25-14-18(7-11-23(25)30)5-9-20-16-21(10-6-19-8-12-24(31)26(15-19)33-2)29(27(35)28-20)17-22-4-3-13-34-22/h5-12,14-16,22,30-31H,3-4,13,17H2,1-2H3. The van der Waals surface area contributed by atoms with Crippen molar-refractivity contribution in [3.63, 3.8) is 0 Å². The van der Waals surface area contributed by atoms with Crippen molar-refractivity contribution in [1.29, 1.82) is 0 Å². The van der Waals surface area contributed by atoms with Crippen LogP contribution in [-0.2, 0) is 11.3 Å². The summed E-state index contributed by atoms with van der Waals surface area (Å²) in [6, 6.07) is 12.3. The first-order valence-electron chi connectivity index (χ1n) is 11.3. The molecular formula is C27H28N2O5S. The molecule has 1 unspecified atom stereocenters. The van der Waals surface area contributed by atoms with E-state index in [1.165, 1.54) is 14.2 Å². The van der Waals surface area contributed by atoms with E-state index in [1.807, 2.05) is 41.0 Å². The summed E-state index contributed by atoms with van der Waals surface area (Å²) in [4.78, 5) is 4.61. The van der Waals surface area contributed by atoms with E-state index in [0.29, 0.717) is 28.5 Å². The largest absolute Gasteiger partial charge is 0.504 e. The highest BCUT2D eigenvalue weighted by molar-refractivity contribution is 7.71. The third kappa shape index (κ3) is 6.09. The van der Waals surface area contributed by atoms with Crippen molar-refractivity contribution >= 4 is 36.5 Å². The maximum absolute atomic E-state index is 9.88. The Morgan fingerprint density at radius 2 is 1.60 bits per heavy atom. The lowest BCUT2D eigenvalue weighted by molar-refractivity contribution is 0.0961. The molecule has 0 spiro atoms. The lowest BCUT2D eigenvalue weighted by Gasteiger charge is -2.16. The lowest BCUT2D eigenvalue weighted by atomic mass is 10.1. The van der Waals surface area contributed by atoms with Crippen LogP contribution < -0.4 is 9.47 Å². The number of rotatable bonds is 8. The average Bonchev–Trinajstić information content (AvgIpc) is 3.38. The monoisotopic (exact) mass is 492 g/mol. The fraction of sp³-hybridized carbons (Fsp3) is 0.259. The predicted octanol–water partition coefficient (Wildman–Crippen LogP) is 5.56. The number of hydrogen-bond acceptors (Lipinski definition) is 7. The first-order valence-corrected chi connectivity index (χ1v) is 11.7. The Morgan fingerprint density at radius 3 is 2.17 bits per heavy atom. The second-order valence-electron chi connectivity index (χ2n) is 8.16. The van der Waals surface area contributed by atoms with Gasteiger partial charge in [0.25, 0.3) is 0 Å². The topological polar surface area (TPSA) is 86.0 Å². The molecule has 1 saturated heterocycles. The van der Waals surface area contributed by atoms with Crippen LogP contribution in [0.25, 0.3) is 24.3 Å². The number of aromatic nitrogens is 2. The summed E-state index contributed by atoms with van der Waals surface area (Å²) in [6.45, 7) is 1.39. The number of hydrogen-bond donors (Lipinski definition) is 2. The number of ether oxygens (including phenoxy) is 3. The van der Waals surface area contributed by atoms with Crippen LogP contribution in [0, 0.1) is 4.77 Å². The summed E-state index contributed by atoms with van der Waals surface area (Å²) < 4.78 is 18.7. The van der Waals surface area contributed by atoms with Crippen molar-refractivity contribution in [2.24, 2.45) is 0 Å².